The van der Waals surface area contributed by atoms with E-state index in [0.717, 1.165) is 41.8 Å². The summed E-state index contributed by atoms with van der Waals surface area (Å²) in [5.41, 5.74) is 0.147. The number of rotatable bonds is 2. The maximum absolute atomic E-state index is 12.7. The SMILES string of the molecule is FC(F)(F)c1csc(C2CCCN(c3ccnc(Cl)c3)C2)n1. The van der Waals surface area contributed by atoms with Crippen LogP contribution in [0.3, 0.4) is 0 Å². The molecule has 2 aromatic rings. The van der Waals surface area contributed by atoms with E-state index in [0.29, 0.717) is 16.7 Å². The van der Waals surface area contributed by atoms with E-state index in [-0.39, 0.29) is 5.92 Å². The summed E-state index contributed by atoms with van der Waals surface area (Å²) in [5, 5.41) is 2.06. The molecule has 1 atom stereocenters. The number of nitrogens with zero attached hydrogens (tertiary/aromatic N) is 3. The maximum Gasteiger partial charge on any atom is 0.434 e. The molecule has 0 N–H and O–H groups in total. The number of anilines is 1. The molecule has 3 nitrogen and oxygen atoms in total. The summed E-state index contributed by atoms with van der Waals surface area (Å²) >= 11 is 6.99. The van der Waals surface area contributed by atoms with Crippen LogP contribution in [0.25, 0.3) is 0 Å². The first-order valence-electron chi connectivity index (χ1n) is 6.82. The summed E-state index contributed by atoms with van der Waals surface area (Å²) in [6, 6.07) is 3.63. The van der Waals surface area contributed by atoms with E-state index in [2.05, 4.69) is 14.9 Å². The first kappa shape index (κ1) is 15.6. The molecule has 0 radical (unpaired) electrons. The Bertz CT molecular complexity index is 659. The lowest BCUT2D eigenvalue weighted by molar-refractivity contribution is -0.140. The topological polar surface area (TPSA) is 29.0 Å². The highest BCUT2D eigenvalue weighted by molar-refractivity contribution is 7.09. The van der Waals surface area contributed by atoms with Crippen LogP contribution < -0.4 is 4.90 Å². The average molecular weight is 348 g/mol. The molecule has 0 bridgehead atoms. The van der Waals surface area contributed by atoms with Gasteiger partial charge in [-0.15, -0.1) is 11.3 Å². The van der Waals surface area contributed by atoms with Crippen molar-refractivity contribution in [3.05, 3.63) is 39.6 Å². The van der Waals surface area contributed by atoms with Gasteiger partial charge in [-0.1, -0.05) is 11.6 Å². The molecule has 1 aliphatic rings. The number of halogens is 4. The minimum absolute atomic E-state index is 0.0155. The Morgan fingerprint density at radius 1 is 1.36 bits per heavy atom. The lowest BCUT2D eigenvalue weighted by atomic mass is 9.98. The van der Waals surface area contributed by atoms with Crippen molar-refractivity contribution in [2.75, 3.05) is 18.0 Å². The summed E-state index contributed by atoms with van der Waals surface area (Å²) in [5.74, 6) is 0.0155. The number of piperidine rings is 1. The minimum atomic E-state index is -4.37. The van der Waals surface area contributed by atoms with Gasteiger partial charge in [0.1, 0.15) is 5.15 Å². The highest BCUT2D eigenvalue weighted by Gasteiger charge is 2.35. The molecular formula is C14H13ClF3N3S. The molecule has 0 saturated carbocycles. The van der Waals surface area contributed by atoms with E-state index in [1.165, 1.54) is 0 Å². The van der Waals surface area contributed by atoms with Crippen LogP contribution in [0.15, 0.2) is 23.7 Å². The molecule has 118 valence electrons. The molecule has 2 aromatic heterocycles. The van der Waals surface area contributed by atoms with Crippen molar-refractivity contribution in [2.24, 2.45) is 0 Å². The molecule has 1 aliphatic heterocycles. The molecule has 1 fully saturated rings. The number of hydrogen-bond donors (Lipinski definition) is 0. The summed E-state index contributed by atoms with van der Waals surface area (Å²) in [4.78, 5) is 9.85. The fourth-order valence-electron chi connectivity index (χ4n) is 2.61. The van der Waals surface area contributed by atoms with Crippen molar-refractivity contribution < 1.29 is 13.2 Å². The van der Waals surface area contributed by atoms with Crippen LogP contribution in [-0.4, -0.2) is 23.1 Å². The third-order valence-electron chi connectivity index (χ3n) is 3.66. The van der Waals surface area contributed by atoms with Gasteiger partial charge in [0.15, 0.2) is 5.69 Å². The van der Waals surface area contributed by atoms with E-state index in [1.807, 2.05) is 6.07 Å². The molecule has 1 saturated heterocycles. The predicted octanol–water partition coefficient (Wildman–Crippen LogP) is 4.59. The van der Waals surface area contributed by atoms with Crippen LogP contribution in [-0.2, 0) is 6.18 Å². The monoisotopic (exact) mass is 347 g/mol. The first-order valence-corrected chi connectivity index (χ1v) is 8.08. The quantitative estimate of drug-likeness (QED) is 0.744. The van der Waals surface area contributed by atoms with Crippen LogP contribution in [0.5, 0.6) is 0 Å². The Balaban J connectivity index is 1.77. The van der Waals surface area contributed by atoms with E-state index in [1.54, 1.807) is 12.3 Å². The normalized spacial score (nSPS) is 19.5. The second kappa shape index (κ2) is 6.04. The summed E-state index contributed by atoms with van der Waals surface area (Å²) in [6.45, 7) is 1.50. The molecule has 0 spiro atoms. The Hall–Kier alpha value is -1.34. The predicted molar refractivity (Wildman–Crippen MR) is 80.6 cm³/mol. The van der Waals surface area contributed by atoms with Gasteiger partial charge in [0.25, 0.3) is 0 Å². The van der Waals surface area contributed by atoms with Crippen LogP contribution in [0, 0.1) is 0 Å². The Morgan fingerprint density at radius 2 is 2.18 bits per heavy atom. The fraction of sp³-hybridized carbons (Fsp3) is 0.429. The smallest absolute Gasteiger partial charge is 0.371 e. The highest BCUT2D eigenvalue weighted by atomic mass is 35.5. The van der Waals surface area contributed by atoms with Gasteiger partial charge in [0.2, 0.25) is 0 Å². The number of thiazole rings is 1. The lowest BCUT2D eigenvalue weighted by Crippen LogP contribution is -2.34. The molecule has 3 heterocycles. The largest absolute Gasteiger partial charge is 0.434 e. The maximum atomic E-state index is 12.7. The Labute approximate surface area is 134 Å². The average Bonchev–Trinajstić information content (AvgIpc) is 2.97. The second-order valence-electron chi connectivity index (χ2n) is 5.19. The van der Waals surface area contributed by atoms with Crippen molar-refractivity contribution >= 4 is 28.6 Å². The van der Waals surface area contributed by atoms with Crippen LogP contribution in [0.1, 0.15) is 29.5 Å². The first-order chi connectivity index (χ1) is 10.4. The molecule has 0 aliphatic carbocycles. The van der Waals surface area contributed by atoms with E-state index in [9.17, 15) is 13.2 Å². The highest BCUT2D eigenvalue weighted by Crippen LogP contribution is 2.36. The zero-order valence-corrected chi connectivity index (χ0v) is 13.0. The summed E-state index contributed by atoms with van der Waals surface area (Å²) in [6.07, 6.45) is -0.986. The van der Waals surface area contributed by atoms with Crippen LogP contribution in [0.4, 0.5) is 18.9 Å². The van der Waals surface area contributed by atoms with Crippen molar-refractivity contribution in [2.45, 2.75) is 24.9 Å². The number of hydrogen-bond acceptors (Lipinski definition) is 4. The molecule has 3 rings (SSSR count). The van der Waals surface area contributed by atoms with Crippen molar-refractivity contribution in [1.82, 2.24) is 9.97 Å². The number of aromatic nitrogens is 2. The summed E-state index contributed by atoms with van der Waals surface area (Å²) < 4.78 is 38.0. The lowest BCUT2D eigenvalue weighted by Gasteiger charge is -2.33. The van der Waals surface area contributed by atoms with Gasteiger partial charge in [-0.05, 0) is 25.0 Å². The molecular weight excluding hydrogens is 335 g/mol. The number of alkyl halides is 3. The van der Waals surface area contributed by atoms with Crippen molar-refractivity contribution in [3.8, 4) is 0 Å². The van der Waals surface area contributed by atoms with Crippen LogP contribution >= 0.6 is 22.9 Å². The van der Waals surface area contributed by atoms with Gasteiger partial charge in [0, 0.05) is 36.3 Å². The van der Waals surface area contributed by atoms with Gasteiger partial charge >= 0.3 is 6.18 Å². The summed E-state index contributed by atoms with van der Waals surface area (Å²) in [7, 11) is 0. The Morgan fingerprint density at radius 3 is 2.86 bits per heavy atom. The second-order valence-corrected chi connectivity index (χ2v) is 6.47. The molecule has 0 aromatic carbocycles. The van der Waals surface area contributed by atoms with Gasteiger partial charge in [0.05, 0.1) is 5.01 Å². The number of pyridine rings is 1. The molecule has 22 heavy (non-hydrogen) atoms. The van der Waals surface area contributed by atoms with E-state index >= 15 is 0 Å². The fourth-order valence-corrected chi connectivity index (χ4v) is 3.73. The zero-order chi connectivity index (χ0) is 15.7. The standard InChI is InChI=1S/C14H13ClF3N3S/c15-12-6-10(3-4-19-12)21-5-1-2-9(7-21)13-20-11(8-22-13)14(16,17)18/h3-4,6,8-9H,1-2,5,7H2. The molecule has 1 unspecified atom stereocenters. The van der Waals surface area contributed by atoms with E-state index in [4.69, 9.17) is 11.6 Å². The van der Waals surface area contributed by atoms with Gasteiger partial charge < -0.3 is 4.90 Å². The minimum Gasteiger partial charge on any atom is -0.371 e. The van der Waals surface area contributed by atoms with Gasteiger partial charge in [-0.2, -0.15) is 13.2 Å². The van der Waals surface area contributed by atoms with Crippen molar-refractivity contribution in [3.63, 3.8) is 0 Å². The molecule has 0 amide bonds. The third-order valence-corrected chi connectivity index (χ3v) is 4.87. The van der Waals surface area contributed by atoms with E-state index < -0.39 is 11.9 Å². The zero-order valence-electron chi connectivity index (χ0n) is 11.5. The van der Waals surface area contributed by atoms with Gasteiger partial charge in [-0.25, -0.2) is 9.97 Å². The third kappa shape index (κ3) is 3.35. The van der Waals surface area contributed by atoms with Gasteiger partial charge in [-0.3, -0.25) is 0 Å². The molecule has 8 heteroatoms. The van der Waals surface area contributed by atoms with Crippen molar-refractivity contribution in [1.29, 1.82) is 0 Å². The Kier molecular flexibility index (Phi) is 4.27. The van der Waals surface area contributed by atoms with Crippen LogP contribution in [0.2, 0.25) is 5.15 Å².